The molecule has 0 N–H and O–H groups in total. The van der Waals surface area contributed by atoms with Crippen molar-refractivity contribution in [3.05, 3.63) is 118 Å². The number of hydrogen-bond acceptors (Lipinski definition) is 10. The van der Waals surface area contributed by atoms with Crippen LogP contribution in [0.1, 0.15) is 73.9 Å². The molecule has 18 heteroatoms. The standard InChI is InChI=1S/C50H56B2F6N2O8/c1-47(2)29-65-51(66-30-47)43-17-15-35(49(53,54)55)23-33(43)25-59(21-19-45(61)63-5)27-41-37-11-7-9-13-39(37)42(40-14-10-8-12-38(40)41)28-60(22-20-46(62)64-6)26-34-24-36(50(56,57)58)16-18-44(34)52-67-31-48(3,4)32-68-52/h7-18,23-24H,19-22,25-32H2,1-6H3. The highest BCUT2D eigenvalue weighted by Gasteiger charge is 2.39. The third kappa shape index (κ3) is 12.4. The molecule has 2 aliphatic heterocycles. The highest BCUT2D eigenvalue weighted by Crippen LogP contribution is 2.37. The Morgan fingerprint density at radius 3 is 1.16 bits per heavy atom. The molecule has 68 heavy (non-hydrogen) atoms. The fourth-order valence-corrected chi connectivity index (χ4v) is 8.75. The van der Waals surface area contributed by atoms with Crippen LogP contribution in [-0.2, 0) is 76.2 Å². The van der Waals surface area contributed by atoms with Crippen LogP contribution in [0.3, 0.4) is 0 Å². The van der Waals surface area contributed by atoms with E-state index in [1.165, 1.54) is 26.4 Å². The van der Waals surface area contributed by atoms with Crippen molar-refractivity contribution < 1.29 is 64.0 Å². The molecule has 7 rings (SSSR count). The zero-order chi connectivity index (χ0) is 49.0. The molecule has 0 radical (unpaired) electrons. The van der Waals surface area contributed by atoms with Crippen LogP contribution in [0.25, 0.3) is 21.5 Å². The summed E-state index contributed by atoms with van der Waals surface area (Å²) >= 11 is 0. The highest BCUT2D eigenvalue weighted by molar-refractivity contribution is 6.62. The van der Waals surface area contributed by atoms with Crippen LogP contribution in [0.4, 0.5) is 26.3 Å². The number of benzene rings is 5. The first kappa shape index (κ1) is 50.9. The number of fused-ring (bicyclic) bond motifs is 2. The summed E-state index contributed by atoms with van der Waals surface area (Å²) < 4.78 is 120. The number of carbonyl (C=O) groups is 2. The van der Waals surface area contributed by atoms with E-state index in [9.17, 15) is 35.9 Å². The molecule has 362 valence electrons. The second kappa shape index (κ2) is 20.9. The van der Waals surface area contributed by atoms with Gasteiger partial charge in [0.2, 0.25) is 0 Å². The van der Waals surface area contributed by atoms with Gasteiger partial charge in [-0.05, 0) is 66.9 Å². The third-order valence-electron chi connectivity index (χ3n) is 12.4. The quantitative estimate of drug-likeness (QED) is 0.0414. The van der Waals surface area contributed by atoms with Crippen LogP contribution in [-0.4, -0.2) is 89.7 Å². The average Bonchev–Trinajstić information content (AvgIpc) is 3.30. The fourth-order valence-electron chi connectivity index (χ4n) is 8.75. The zero-order valence-electron chi connectivity index (χ0n) is 39.2. The van der Waals surface area contributed by atoms with Gasteiger partial charge in [-0.3, -0.25) is 19.4 Å². The van der Waals surface area contributed by atoms with Gasteiger partial charge in [0.05, 0.1) is 38.2 Å². The SMILES string of the molecule is COC(=O)CCN(Cc1cc(C(F)(F)F)ccc1B1OCC(C)(C)CO1)Cc1c2ccccc2c(CN(CCC(=O)OC)Cc2cc(C(F)(F)F)ccc2B2OCC(C)(C)CO2)c2ccccc12. The van der Waals surface area contributed by atoms with Crippen LogP contribution in [0.5, 0.6) is 0 Å². The van der Waals surface area contributed by atoms with Crippen LogP contribution < -0.4 is 10.9 Å². The maximum atomic E-state index is 14.3. The van der Waals surface area contributed by atoms with Gasteiger partial charge in [0, 0.05) is 76.5 Å². The Morgan fingerprint density at radius 2 is 0.868 bits per heavy atom. The summed E-state index contributed by atoms with van der Waals surface area (Å²) in [6, 6.07) is 22.3. The van der Waals surface area contributed by atoms with Gasteiger partial charge in [-0.25, -0.2) is 0 Å². The lowest BCUT2D eigenvalue weighted by atomic mass is 9.72. The minimum Gasteiger partial charge on any atom is -0.469 e. The van der Waals surface area contributed by atoms with Crippen molar-refractivity contribution in [3.8, 4) is 0 Å². The molecule has 0 bridgehead atoms. The van der Waals surface area contributed by atoms with E-state index >= 15 is 0 Å². The molecule has 0 unspecified atom stereocenters. The Kier molecular flexibility index (Phi) is 15.7. The lowest BCUT2D eigenvalue weighted by molar-refractivity contribution is -0.141. The molecule has 5 aromatic rings. The van der Waals surface area contributed by atoms with E-state index in [4.69, 9.17) is 28.1 Å². The smallest absolute Gasteiger partial charge is 0.469 e. The van der Waals surface area contributed by atoms with Crippen molar-refractivity contribution in [2.45, 2.75) is 79.1 Å². The Labute approximate surface area is 393 Å². The van der Waals surface area contributed by atoms with Crippen molar-refractivity contribution >= 4 is 58.6 Å². The first-order chi connectivity index (χ1) is 32.1. The van der Waals surface area contributed by atoms with Crippen molar-refractivity contribution in [3.63, 3.8) is 0 Å². The van der Waals surface area contributed by atoms with Crippen molar-refractivity contribution in [1.29, 1.82) is 0 Å². The Bertz CT molecular complexity index is 2360. The molecule has 0 atom stereocenters. The van der Waals surface area contributed by atoms with Gasteiger partial charge in [-0.2, -0.15) is 26.3 Å². The summed E-state index contributed by atoms with van der Waals surface area (Å²) in [5, 5.41) is 3.26. The maximum Gasteiger partial charge on any atom is 0.494 e. The monoisotopic (exact) mass is 948 g/mol. The number of methoxy groups -OCH3 is 2. The normalized spacial score (nSPS) is 16.5. The van der Waals surface area contributed by atoms with Crippen molar-refractivity contribution in [2.24, 2.45) is 10.8 Å². The molecule has 2 heterocycles. The molecular formula is C50H56B2F6N2O8. The lowest BCUT2D eigenvalue weighted by Gasteiger charge is -2.34. The van der Waals surface area contributed by atoms with E-state index in [1.807, 2.05) is 86.0 Å². The van der Waals surface area contributed by atoms with E-state index in [1.54, 1.807) is 0 Å². The molecule has 0 aromatic heterocycles. The first-order valence-electron chi connectivity index (χ1n) is 22.5. The number of hydrogen-bond donors (Lipinski definition) is 0. The topological polar surface area (TPSA) is 96.0 Å². The second-order valence-corrected chi connectivity index (χ2v) is 19.2. The van der Waals surface area contributed by atoms with E-state index in [0.717, 1.165) is 56.9 Å². The fraction of sp³-hybridized carbons (Fsp3) is 0.440. The number of nitrogens with zero attached hydrogens (tertiary/aromatic N) is 2. The number of rotatable bonds is 16. The molecule has 2 fully saturated rings. The van der Waals surface area contributed by atoms with Gasteiger partial charge < -0.3 is 28.1 Å². The van der Waals surface area contributed by atoms with Gasteiger partial charge in [-0.15, -0.1) is 0 Å². The third-order valence-corrected chi connectivity index (χ3v) is 12.4. The molecule has 5 aromatic carbocycles. The van der Waals surface area contributed by atoms with Gasteiger partial charge >= 0.3 is 38.5 Å². The van der Waals surface area contributed by atoms with Crippen molar-refractivity contribution in [1.82, 2.24) is 9.80 Å². The van der Waals surface area contributed by atoms with Gasteiger partial charge in [-0.1, -0.05) is 100 Å². The number of alkyl halides is 6. The predicted molar refractivity (Wildman–Crippen MR) is 248 cm³/mol. The summed E-state index contributed by atoms with van der Waals surface area (Å²) in [4.78, 5) is 29.1. The summed E-state index contributed by atoms with van der Waals surface area (Å²) in [6.07, 6.45) is -9.37. The highest BCUT2D eigenvalue weighted by atomic mass is 19.4. The summed E-state index contributed by atoms with van der Waals surface area (Å²) in [6.45, 7) is 9.81. The van der Waals surface area contributed by atoms with E-state index < -0.39 is 49.7 Å². The van der Waals surface area contributed by atoms with E-state index in [0.29, 0.717) is 48.5 Å². The molecule has 0 saturated carbocycles. The van der Waals surface area contributed by atoms with Crippen molar-refractivity contribution in [2.75, 3.05) is 53.7 Å². The summed E-state index contributed by atoms with van der Waals surface area (Å²) in [5.41, 5.74) is 0.951. The van der Waals surface area contributed by atoms with Gasteiger partial charge in [0.15, 0.2) is 0 Å². The molecule has 2 saturated heterocycles. The number of carbonyl (C=O) groups excluding carboxylic acids is 2. The number of ether oxygens (including phenoxy) is 2. The minimum atomic E-state index is -4.63. The summed E-state index contributed by atoms with van der Waals surface area (Å²) in [5.74, 6) is -0.987. The Hall–Kier alpha value is -4.97. The number of halogens is 6. The van der Waals surface area contributed by atoms with Crippen LogP contribution >= 0.6 is 0 Å². The second-order valence-electron chi connectivity index (χ2n) is 19.2. The molecule has 0 spiro atoms. The summed E-state index contributed by atoms with van der Waals surface area (Å²) in [7, 11) is 0.731. The van der Waals surface area contributed by atoms with Gasteiger partial charge in [0.25, 0.3) is 0 Å². The molecule has 0 amide bonds. The van der Waals surface area contributed by atoms with Gasteiger partial charge in [0.1, 0.15) is 0 Å². The Balaban J connectivity index is 1.30. The number of esters is 2. The molecule has 10 nitrogen and oxygen atoms in total. The van der Waals surface area contributed by atoms with Crippen LogP contribution in [0, 0.1) is 10.8 Å². The first-order valence-corrected chi connectivity index (χ1v) is 22.5. The van der Waals surface area contributed by atoms with Crippen LogP contribution in [0.15, 0.2) is 84.9 Å². The maximum absolute atomic E-state index is 14.3. The average molecular weight is 949 g/mol. The Morgan fingerprint density at radius 1 is 0.544 bits per heavy atom. The predicted octanol–water partition coefficient (Wildman–Crippen LogP) is 8.70. The largest absolute Gasteiger partial charge is 0.494 e. The molecule has 2 aliphatic rings. The van der Waals surface area contributed by atoms with Crippen LogP contribution in [0.2, 0.25) is 0 Å². The zero-order valence-corrected chi connectivity index (χ0v) is 39.2. The van der Waals surface area contributed by atoms with E-state index in [-0.39, 0.29) is 62.9 Å². The van der Waals surface area contributed by atoms with E-state index in [2.05, 4.69) is 0 Å². The molecular weight excluding hydrogens is 892 g/mol. The minimum absolute atomic E-state index is 0.0141. The lowest BCUT2D eigenvalue weighted by Crippen LogP contribution is -2.49. The molecule has 0 aliphatic carbocycles.